The van der Waals surface area contributed by atoms with Gasteiger partial charge in [-0.15, -0.1) is 0 Å². The maximum Gasteiger partial charge on any atom is 0.249 e. The quantitative estimate of drug-likeness (QED) is 0.687. The van der Waals surface area contributed by atoms with Crippen molar-refractivity contribution in [2.75, 3.05) is 12.4 Å². The summed E-state index contributed by atoms with van der Waals surface area (Å²) in [5, 5.41) is 6.73. The molecule has 1 aromatic carbocycles. The van der Waals surface area contributed by atoms with Gasteiger partial charge in [0.15, 0.2) is 0 Å². The van der Waals surface area contributed by atoms with Gasteiger partial charge in [-0.2, -0.15) is 0 Å². The standard InChI is InChI=1S/C21H21N3O5/c1-13-7-8-14(28-13)12-24-17(9-10-20(24)25)21(26)22-19-11-16(23-29-19)15-5-3-4-6-18(15)27-2/h3-8,11,17H,9-10,12H2,1-2H3,(H,22,26). The molecule has 8 nitrogen and oxygen atoms in total. The van der Waals surface area contributed by atoms with E-state index < -0.39 is 6.04 Å². The molecule has 0 bridgehead atoms. The predicted octanol–water partition coefficient (Wildman–Crippen LogP) is 3.38. The number of aromatic nitrogens is 1. The van der Waals surface area contributed by atoms with Crippen molar-refractivity contribution in [2.24, 2.45) is 0 Å². The number of likely N-dealkylation sites (tertiary alicyclic amines) is 1. The lowest BCUT2D eigenvalue weighted by molar-refractivity contribution is -0.134. The number of carbonyl (C=O) groups is 2. The molecule has 1 unspecified atom stereocenters. The smallest absolute Gasteiger partial charge is 0.249 e. The number of methoxy groups -OCH3 is 1. The summed E-state index contributed by atoms with van der Waals surface area (Å²) in [7, 11) is 1.58. The number of furan rings is 1. The first-order valence-electron chi connectivity index (χ1n) is 9.31. The number of carbonyl (C=O) groups excluding carboxylic acids is 2. The molecule has 1 fully saturated rings. The third kappa shape index (κ3) is 3.87. The van der Waals surface area contributed by atoms with Crippen LogP contribution in [0, 0.1) is 6.92 Å². The van der Waals surface area contributed by atoms with Crippen LogP contribution in [0.25, 0.3) is 11.3 Å². The van der Waals surface area contributed by atoms with Crippen LogP contribution in [0.5, 0.6) is 5.75 Å². The third-order valence-electron chi connectivity index (χ3n) is 4.89. The fourth-order valence-corrected chi connectivity index (χ4v) is 3.46. The lowest BCUT2D eigenvalue weighted by Gasteiger charge is -2.22. The van der Waals surface area contributed by atoms with Crippen LogP contribution < -0.4 is 10.1 Å². The Morgan fingerprint density at radius 3 is 2.90 bits per heavy atom. The first-order chi connectivity index (χ1) is 14.0. The van der Waals surface area contributed by atoms with Crippen molar-refractivity contribution >= 4 is 17.7 Å². The second-order valence-electron chi connectivity index (χ2n) is 6.85. The maximum absolute atomic E-state index is 12.8. The Labute approximate surface area is 167 Å². The van der Waals surface area contributed by atoms with Crippen LogP contribution in [0.4, 0.5) is 5.88 Å². The Kier molecular flexibility index (Phi) is 5.07. The van der Waals surface area contributed by atoms with Crippen LogP contribution in [0.2, 0.25) is 0 Å². The van der Waals surface area contributed by atoms with Crippen LogP contribution >= 0.6 is 0 Å². The van der Waals surface area contributed by atoms with E-state index in [0.29, 0.717) is 30.0 Å². The molecule has 3 heterocycles. The molecule has 0 saturated carbocycles. The van der Waals surface area contributed by atoms with Gasteiger partial charge in [-0.25, -0.2) is 0 Å². The molecule has 1 N–H and O–H groups in total. The summed E-state index contributed by atoms with van der Waals surface area (Å²) in [6, 6.07) is 12.1. The number of ether oxygens (including phenoxy) is 1. The van der Waals surface area contributed by atoms with Gasteiger partial charge in [0.25, 0.3) is 0 Å². The van der Waals surface area contributed by atoms with Crippen LogP contribution in [0.15, 0.2) is 51.4 Å². The highest BCUT2D eigenvalue weighted by Crippen LogP contribution is 2.30. The highest BCUT2D eigenvalue weighted by molar-refractivity contribution is 5.98. The number of amides is 2. The topological polar surface area (TPSA) is 97.8 Å². The predicted molar refractivity (Wildman–Crippen MR) is 104 cm³/mol. The van der Waals surface area contributed by atoms with E-state index in [1.807, 2.05) is 43.3 Å². The van der Waals surface area contributed by atoms with E-state index >= 15 is 0 Å². The molecule has 1 saturated heterocycles. The second-order valence-corrected chi connectivity index (χ2v) is 6.85. The zero-order valence-electron chi connectivity index (χ0n) is 16.2. The van der Waals surface area contributed by atoms with E-state index in [4.69, 9.17) is 13.7 Å². The van der Waals surface area contributed by atoms with Gasteiger partial charge in [-0.3, -0.25) is 14.9 Å². The zero-order chi connectivity index (χ0) is 20.4. The molecule has 1 aliphatic rings. The summed E-state index contributed by atoms with van der Waals surface area (Å²) in [5.41, 5.74) is 1.30. The summed E-state index contributed by atoms with van der Waals surface area (Å²) in [6.07, 6.45) is 0.762. The van der Waals surface area contributed by atoms with E-state index in [1.54, 1.807) is 13.2 Å². The van der Waals surface area contributed by atoms with Gasteiger partial charge in [0, 0.05) is 18.1 Å². The summed E-state index contributed by atoms with van der Waals surface area (Å²) in [5.74, 6) is 1.88. The van der Waals surface area contributed by atoms with Gasteiger partial charge >= 0.3 is 0 Å². The molecular weight excluding hydrogens is 374 g/mol. The number of benzene rings is 1. The first kappa shape index (κ1) is 18.8. The fraction of sp³-hybridized carbons (Fsp3) is 0.286. The fourth-order valence-electron chi connectivity index (χ4n) is 3.46. The Morgan fingerprint density at radius 1 is 1.31 bits per heavy atom. The molecule has 0 aliphatic carbocycles. The number of aryl methyl sites for hydroxylation is 1. The number of anilines is 1. The molecule has 1 aliphatic heterocycles. The van der Waals surface area contributed by atoms with Crippen molar-refractivity contribution in [3.8, 4) is 17.0 Å². The zero-order valence-corrected chi connectivity index (χ0v) is 16.2. The summed E-state index contributed by atoms with van der Waals surface area (Å²) >= 11 is 0. The Balaban J connectivity index is 1.47. The molecule has 4 rings (SSSR count). The molecule has 8 heteroatoms. The monoisotopic (exact) mass is 395 g/mol. The molecule has 2 aromatic heterocycles. The molecule has 2 amide bonds. The van der Waals surface area contributed by atoms with Gasteiger partial charge < -0.3 is 18.6 Å². The number of nitrogens with zero attached hydrogens (tertiary/aromatic N) is 2. The average molecular weight is 395 g/mol. The number of hydrogen-bond acceptors (Lipinski definition) is 6. The third-order valence-corrected chi connectivity index (χ3v) is 4.89. The minimum absolute atomic E-state index is 0.0773. The summed E-state index contributed by atoms with van der Waals surface area (Å²) in [4.78, 5) is 26.6. The molecule has 29 heavy (non-hydrogen) atoms. The van der Waals surface area contributed by atoms with Gasteiger partial charge in [0.05, 0.1) is 13.7 Å². The normalized spacial score (nSPS) is 16.3. The van der Waals surface area contributed by atoms with Crippen molar-refractivity contribution in [3.63, 3.8) is 0 Å². The number of rotatable bonds is 6. The molecule has 0 radical (unpaired) electrons. The SMILES string of the molecule is COc1ccccc1-c1cc(NC(=O)C2CCC(=O)N2Cc2ccc(C)o2)on1. The average Bonchev–Trinajstić information content (AvgIpc) is 3.44. The molecular formula is C21H21N3O5. The Morgan fingerprint density at radius 2 is 2.14 bits per heavy atom. The summed E-state index contributed by atoms with van der Waals surface area (Å²) < 4.78 is 16.2. The number of hydrogen-bond donors (Lipinski definition) is 1. The first-order valence-corrected chi connectivity index (χ1v) is 9.31. The van der Waals surface area contributed by atoms with Crippen molar-refractivity contribution in [1.29, 1.82) is 0 Å². The van der Waals surface area contributed by atoms with Crippen molar-refractivity contribution in [1.82, 2.24) is 10.1 Å². The van der Waals surface area contributed by atoms with Gasteiger partial charge in [0.1, 0.15) is 29.0 Å². The number of nitrogens with one attached hydrogen (secondary N) is 1. The highest BCUT2D eigenvalue weighted by Gasteiger charge is 2.37. The Hall–Kier alpha value is -3.55. The van der Waals surface area contributed by atoms with Crippen molar-refractivity contribution in [2.45, 2.75) is 32.4 Å². The highest BCUT2D eigenvalue weighted by atomic mass is 16.5. The number of para-hydroxylation sites is 1. The van der Waals surface area contributed by atoms with E-state index in [-0.39, 0.29) is 24.2 Å². The van der Waals surface area contributed by atoms with E-state index in [0.717, 1.165) is 11.3 Å². The van der Waals surface area contributed by atoms with Crippen LogP contribution in [-0.4, -0.2) is 35.0 Å². The van der Waals surface area contributed by atoms with Crippen LogP contribution in [-0.2, 0) is 16.1 Å². The minimum atomic E-state index is -0.590. The summed E-state index contributed by atoms with van der Waals surface area (Å²) in [6.45, 7) is 2.09. The second kappa shape index (κ2) is 7.83. The van der Waals surface area contributed by atoms with Gasteiger partial charge in [-0.05, 0) is 37.6 Å². The van der Waals surface area contributed by atoms with E-state index in [2.05, 4.69) is 10.5 Å². The minimum Gasteiger partial charge on any atom is -0.496 e. The van der Waals surface area contributed by atoms with Gasteiger partial charge in [-0.1, -0.05) is 17.3 Å². The molecule has 0 spiro atoms. The lowest BCUT2D eigenvalue weighted by Crippen LogP contribution is -2.41. The largest absolute Gasteiger partial charge is 0.496 e. The van der Waals surface area contributed by atoms with Crippen molar-refractivity contribution < 1.29 is 23.3 Å². The van der Waals surface area contributed by atoms with Gasteiger partial charge in [0.2, 0.25) is 17.7 Å². The maximum atomic E-state index is 12.8. The molecule has 1 atom stereocenters. The van der Waals surface area contributed by atoms with Crippen LogP contribution in [0.1, 0.15) is 24.4 Å². The molecule has 3 aromatic rings. The Bertz CT molecular complexity index is 1040. The van der Waals surface area contributed by atoms with Crippen LogP contribution in [0.3, 0.4) is 0 Å². The lowest BCUT2D eigenvalue weighted by atomic mass is 10.1. The van der Waals surface area contributed by atoms with E-state index in [9.17, 15) is 9.59 Å². The van der Waals surface area contributed by atoms with E-state index in [1.165, 1.54) is 4.90 Å². The molecule has 150 valence electrons. The van der Waals surface area contributed by atoms with Crippen molar-refractivity contribution in [3.05, 3.63) is 54.0 Å².